The summed E-state index contributed by atoms with van der Waals surface area (Å²) in [4.78, 5) is 16.5. The summed E-state index contributed by atoms with van der Waals surface area (Å²) in [6.45, 7) is 2.07. The standard InChI is InChI=1S/C32H31FN2O3/c1-2-37-30(36)17-23-7-9-24(33)18-28(23)38-29-19-32(12-3-4-13-32)27-10-8-22(16-26(27)29)21-6-5-20-11-14-35-31(34)25(20)15-21/h5-11,14-16,18,29H,2-4,12-13,17,19H2,1H3,(H2,34,35). The summed E-state index contributed by atoms with van der Waals surface area (Å²) in [6, 6.07) is 19.2. The molecule has 1 saturated carbocycles. The van der Waals surface area contributed by atoms with Crippen LogP contribution in [0.2, 0.25) is 0 Å². The first-order valence-corrected chi connectivity index (χ1v) is 13.4. The van der Waals surface area contributed by atoms with Crippen LogP contribution in [0, 0.1) is 5.82 Å². The average molecular weight is 511 g/mol. The van der Waals surface area contributed by atoms with Gasteiger partial charge in [-0.1, -0.05) is 43.2 Å². The highest BCUT2D eigenvalue weighted by Gasteiger charge is 2.46. The number of halogens is 1. The number of esters is 1. The van der Waals surface area contributed by atoms with Gasteiger partial charge in [-0.3, -0.25) is 4.79 Å². The number of hydrogen-bond donors (Lipinski definition) is 1. The molecule has 1 heterocycles. The van der Waals surface area contributed by atoms with Gasteiger partial charge in [0.1, 0.15) is 23.5 Å². The van der Waals surface area contributed by atoms with Crippen molar-refractivity contribution in [3.63, 3.8) is 0 Å². The second kappa shape index (κ2) is 9.75. The first-order valence-electron chi connectivity index (χ1n) is 13.4. The molecule has 1 atom stereocenters. The van der Waals surface area contributed by atoms with Crippen LogP contribution in [0.3, 0.4) is 0 Å². The summed E-state index contributed by atoms with van der Waals surface area (Å²) in [7, 11) is 0. The molecule has 5 nitrogen and oxygen atoms in total. The average Bonchev–Trinajstić information content (AvgIpc) is 3.50. The molecule has 1 aromatic heterocycles. The van der Waals surface area contributed by atoms with Crippen molar-refractivity contribution in [1.29, 1.82) is 0 Å². The smallest absolute Gasteiger partial charge is 0.310 e. The highest BCUT2D eigenvalue weighted by molar-refractivity contribution is 5.94. The summed E-state index contributed by atoms with van der Waals surface area (Å²) >= 11 is 0. The largest absolute Gasteiger partial charge is 0.485 e. The fourth-order valence-electron chi connectivity index (χ4n) is 6.37. The minimum atomic E-state index is -0.391. The fourth-order valence-corrected chi connectivity index (χ4v) is 6.37. The van der Waals surface area contributed by atoms with Crippen molar-refractivity contribution in [1.82, 2.24) is 4.98 Å². The zero-order valence-corrected chi connectivity index (χ0v) is 21.5. The van der Waals surface area contributed by atoms with E-state index in [1.54, 1.807) is 19.2 Å². The molecule has 2 aliphatic rings. The van der Waals surface area contributed by atoms with E-state index in [-0.39, 0.29) is 23.9 Å². The fraction of sp³-hybridized carbons (Fsp3) is 0.312. The van der Waals surface area contributed by atoms with Gasteiger partial charge in [0.25, 0.3) is 0 Å². The van der Waals surface area contributed by atoms with E-state index >= 15 is 0 Å². The second-order valence-electron chi connectivity index (χ2n) is 10.5. The minimum Gasteiger partial charge on any atom is -0.485 e. The van der Waals surface area contributed by atoms with Gasteiger partial charge >= 0.3 is 5.97 Å². The van der Waals surface area contributed by atoms with Crippen molar-refractivity contribution in [3.05, 3.63) is 89.4 Å². The van der Waals surface area contributed by atoms with Crippen molar-refractivity contribution in [2.75, 3.05) is 12.3 Å². The molecule has 6 heteroatoms. The second-order valence-corrected chi connectivity index (χ2v) is 10.5. The normalized spacial score (nSPS) is 17.6. The molecule has 2 N–H and O–H groups in total. The third-order valence-corrected chi connectivity index (χ3v) is 8.18. The molecule has 3 aromatic carbocycles. The number of nitrogens with two attached hydrogens (primary N) is 1. The zero-order valence-electron chi connectivity index (χ0n) is 21.5. The summed E-state index contributed by atoms with van der Waals surface area (Å²) in [5.41, 5.74) is 11.5. The van der Waals surface area contributed by atoms with Crippen LogP contribution >= 0.6 is 0 Å². The van der Waals surface area contributed by atoms with Gasteiger partial charge in [-0.25, -0.2) is 9.37 Å². The molecule has 38 heavy (non-hydrogen) atoms. The van der Waals surface area contributed by atoms with Gasteiger partial charge < -0.3 is 15.2 Å². The Balaban J connectivity index is 1.39. The number of fused-ring (bicyclic) bond motifs is 3. The molecule has 1 unspecified atom stereocenters. The number of pyridine rings is 1. The van der Waals surface area contributed by atoms with Crippen molar-refractivity contribution in [3.8, 4) is 16.9 Å². The first-order chi connectivity index (χ1) is 18.5. The lowest BCUT2D eigenvalue weighted by Gasteiger charge is -2.25. The zero-order chi connectivity index (χ0) is 26.3. The Labute approximate surface area is 221 Å². The topological polar surface area (TPSA) is 74.4 Å². The van der Waals surface area contributed by atoms with E-state index in [4.69, 9.17) is 15.2 Å². The molecule has 0 aliphatic heterocycles. The van der Waals surface area contributed by atoms with Gasteiger partial charge in [0, 0.05) is 23.2 Å². The van der Waals surface area contributed by atoms with Gasteiger partial charge in [0.2, 0.25) is 0 Å². The Morgan fingerprint density at radius 2 is 1.84 bits per heavy atom. The quantitative estimate of drug-likeness (QED) is 0.281. The Morgan fingerprint density at radius 3 is 2.66 bits per heavy atom. The Bertz CT molecular complexity index is 1530. The van der Waals surface area contributed by atoms with E-state index < -0.39 is 5.82 Å². The number of rotatable bonds is 6. The maximum atomic E-state index is 14.3. The number of aromatic nitrogens is 1. The summed E-state index contributed by atoms with van der Waals surface area (Å²) in [5.74, 6) is 0.170. The number of carbonyl (C=O) groups is 1. The molecule has 0 amide bonds. The minimum absolute atomic E-state index is 0.0424. The maximum Gasteiger partial charge on any atom is 0.310 e. The molecule has 1 fully saturated rings. The SMILES string of the molecule is CCOC(=O)Cc1ccc(F)cc1OC1CC2(CCCC2)c2ccc(-c3ccc4ccnc(N)c4c3)cc21. The van der Waals surface area contributed by atoms with Crippen molar-refractivity contribution < 1.29 is 18.7 Å². The van der Waals surface area contributed by atoms with E-state index in [2.05, 4.69) is 41.4 Å². The van der Waals surface area contributed by atoms with Crippen LogP contribution in [0.5, 0.6) is 5.75 Å². The van der Waals surface area contributed by atoms with E-state index in [1.807, 2.05) is 6.07 Å². The lowest BCUT2D eigenvalue weighted by molar-refractivity contribution is -0.142. The number of hydrogen-bond acceptors (Lipinski definition) is 5. The summed E-state index contributed by atoms with van der Waals surface area (Å²) < 4.78 is 26.0. The van der Waals surface area contributed by atoms with Gasteiger partial charge in [-0.2, -0.15) is 0 Å². The maximum absolute atomic E-state index is 14.3. The first kappa shape index (κ1) is 24.4. The predicted molar refractivity (Wildman–Crippen MR) is 146 cm³/mol. The third kappa shape index (κ3) is 4.38. The van der Waals surface area contributed by atoms with Crippen LogP contribution in [0.1, 0.15) is 61.8 Å². The monoisotopic (exact) mass is 510 g/mol. The van der Waals surface area contributed by atoms with E-state index in [9.17, 15) is 9.18 Å². The van der Waals surface area contributed by atoms with Crippen LogP contribution in [0.25, 0.3) is 21.9 Å². The number of ether oxygens (including phenoxy) is 2. The molecule has 0 saturated heterocycles. The molecular formula is C32H31FN2O3. The molecule has 0 bridgehead atoms. The van der Waals surface area contributed by atoms with Crippen LogP contribution in [0.4, 0.5) is 10.2 Å². The van der Waals surface area contributed by atoms with Gasteiger partial charge in [0.15, 0.2) is 0 Å². The number of nitrogen functional groups attached to an aromatic ring is 1. The van der Waals surface area contributed by atoms with E-state index in [0.29, 0.717) is 23.7 Å². The number of anilines is 1. The summed E-state index contributed by atoms with van der Waals surface area (Å²) in [5, 5.41) is 1.97. The van der Waals surface area contributed by atoms with Crippen molar-refractivity contribution in [2.45, 2.75) is 57.0 Å². The van der Waals surface area contributed by atoms with Gasteiger partial charge in [-0.05, 0) is 83.5 Å². The molecule has 0 radical (unpaired) electrons. The molecular weight excluding hydrogens is 479 g/mol. The summed E-state index contributed by atoms with van der Waals surface area (Å²) in [6.07, 6.45) is 7.00. The highest BCUT2D eigenvalue weighted by atomic mass is 19.1. The van der Waals surface area contributed by atoms with Crippen molar-refractivity contribution in [2.24, 2.45) is 0 Å². The number of nitrogens with zero attached hydrogens (tertiary/aromatic N) is 1. The molecule has 194 valence electrons. The molecule has 4 aromatic rings. The molecule has 1 spiro atoms. The number of benzene rings is 3. The van der Waals surface area contributed by atoms with Gasteiger partial charge in [0.05, 0.1) is 13.0 Å². The lowest BCUT2D eigenvalue weighted by Crippen LogP contribution is -2.19. The molecule has 2 aliphatic carbocycles. The van der Waals surface area contributed by atoms with E-state index in [1.165, 1.54) is 30.5 Å². The van der Waals surface area contributed by atoms with Crippen molar-refractivity contribution >= 4 is 22.6 Å². The Morgan fingerprint density at radius 1 is 1.05 bits per heavy atom. The number of carbonyl (C=O) groups excluding carboxylic acids is 1. The van der Waals surface area contributed by atoms with Crippen LogP contribution in [-0.2, 0) is 21.4 Å². The van der Waals surface area contributed by atoms with Crippen LogP contribution in [0.15, 0.2) is 66.9 Å². The van der Waals surface area contributed by atoms with Gasteiger partial charge in [-0.15, -0.1) is 0 Å². The lowest BCUT2D eigenvalue weighted by atomic mass is 9.80. The predicted octanol–water partition coefficient (Wildman–Crippen LogP) is 7.06. The van der Waals surface area contributed by atoms with E-state index in [0.717, 1.165) is 46.7 Å². The molecule has 6 rings (SSSR count). The van der Waals surface area contributed by atoms with Crippen LogP contribution in [-0.4, -0.2) is 17.6 Å². The Kier molecular flexibility index (Phi) is 6.26. The third-order valence-electron chi connectivity index (χ3n) is 8.18. The Hall–Kier alpha value is -3.93. The highest BCUT2D eigenvalue weighted by Crippen LogP contribution is 2.55. The van der Waals surface area contributed by atoms with Crippen LogP contribution < -0.4 is 10.5 Å².